The van der Waals surface area contributed by atoms with Crippen molar-refractivity contribution in [1.29, 1.82) is 0 Å². The zero-order valence-electron chi connectivity index (χ0n) is 12.7. The summed E-state index contributed by atoms with van der Waals surface area (Å²) in [4.78, 5) is 11.7. The van der Waals surface area contributed by atoms with Gasteiger partial charge in [0, 0.05) is 25.5 Å². The van der Waals surface area contributed by atoms with E-state index in [4.69, 9.17) is 4.74 Å². The average molecular weight is 499 g/mol. The summed E-state index contributed by atoms with van der Waals surface area (Å²) in [6, 6.07) is 4.51. The number of nitrogens with one attached hydrogen (secondary N) is 2. The number of alkyl carbamates (subject to hydrolysis) is 1. The van der Waals surface area contributed by atoms with Crippen LogP contribution in [0.4, 0.5) is 10.5 Å². The first-order valence-corrected chi connectivity index (χ1v) is 9.42. The van der Waals surface area contributed by atoms with Gasteiger partial charge in [0.2, 0.25) is 0 Å². The molecule has 2 N–H and O–H groups in total. The first kappa shape index (κ1) is 18.1. The fourth-order valence-electron chi connectivity index (χ4n) is 2.21. The molecule has 0 aliphatic heterocycles. The molecule has 1 saturated carbocycles. The number of ether oxygens (including phenoxy) is 1. The molecule has 0 unspecified atom stereocenters. The van der Waals surface area contributed by atoms with Crippen LogP contribution in [0.15, 0.2) is 25.6 Å². The summed E-state index contributed by atoms with van der Waals surface area (Å²) in [5.41, 5.74) is 0.572. The van der Waals surface area contributed by atoms with Gasteiger partial charge in [0.05, 0.1) is 5.69 Å². The molecule has 0 saturated heterocycles. The van der Waals surface area contributed by atoms with E-state index in [0.717, 1.165) is 31.9 Å². The molecule has 0 radical (unpaired) electrons. The smallest absolute Gasteiger partial charge is 0.407 e. The van der Waals surface area contributed by atoms with Crippen molar-refractivity contribution in [3.05, 3.63) is 25.6 Å². The molecule has 0 bridgehead atoms. The van der Waals surface area contributed by atoms with E-state index in [1.54, 1.807) is 0 Å². The molecule has 2 rings (SSSR count). The third-order valence-electron chi connectivity index (χ3n) is 3.21. The third kappa shape index (κ3) is 5.13. The molecule has 0 aromatic heterocycles. The standard InChI is InChI=1S/C15H19Br3N2O2/c1-15(2,3)22-14(21)20-10-6-9(7-10)19-13-11(17)4-8(16)5-12(13)18/h4-5,9-10,19H,6-7H2,1-3H3,(H,20,21). The molecular formula is C15H19Br3N2O2. The molecule has 122 valence electrons. The van der Waals surface area contributed by atoms with Gasteiger partial charge in [0.1, 0.15) is 5.60 Å². The van der Waals surface area contributed by atoms with Gasteiger partial charge in [-0.15, -0.1) is 0 Å². The number of rotatable bonds is 3. The van der Waals surface area contributed by atoms with Gasteiger partial charge in [-0.2, -0.15) is 0 Å². The number of hydrogen-bond acceptors (Lipinski definition) is 3. The van der Waals surface area contributed by atoms with Gasteiger partial charge in [0.25, 0.3) is 0 Å². The van der Waals surface area contributed by atoms with E-state index in [2.05, 4.69) is 58.4 Å². The van der Waals surface area contributed by atoms with Crippen LogP contribution in [0.3, 0.4) is 0 Å². The maximum Gasteiger partial charge on any atom is 0.407 e. The molecule has 1 aliphatic rings. The van der Waals surface area contributed by atoms with Crippen LogP contribution in [-0.2, 0) is 4.74 Å². The van der Waals surface area contributed by atoms with E-state index >= 15 is 0 Å². The molecule has 1 amide bonds. The lowest BCUT2D eigenvalue weighted by molar-refractivity contribution is 0.0475. The summed E-state index contributed by atoms with van der Waals surface area (Å²) in [6.45, 7) is 5.58. The summed E-state index contributed by atoms with van der Waals surface area (Å²) in [5, 5.41) is 6.38. The van der Waals surface area contributed by atoms with E-state index in [-0.39, 0.29) is 12.1 Å². The Morgan fingerprint density at radius 1 is 1.14 bits per heavy atom. The highest BCUT2D eigenvalue weighted by atomic mass is 79.9. The quantitative estimate of drug-likeness (QED) is 0.583. The van der Waals surface area contributed by atoms with Crippen LogP contribution in [0, 0.1) is 0 Å². The lowest BCUT2D eigenvalue weighted by Crippen LogP contribution is -2.50. The number of halogens is 3. The maximum atomic E-state index is 11.7. The van der Waals surface area contributed by atoms with Crippen LogP contribution in [0.5, 0.6) is 0 Å². The first-order chi connectivity index (χ1) is 10.1. The molecule has 22 heavy (non-hydrogen) atoms. The Kier molecular flexibility index (Phi) is 5.83. The number of carbonyl (C=O) groups is 1. The Labute approximate surface area is 156 Å². The lowest BCUT2D eigenvalue weighted by Gasteiger charge is -2.37. The van der Waals surface area contributed by atoms with Gasteiger partial charge in [-0.3, -0.25) is 0 Å². The second kappa shape index (κ2) is 7.09. The molecule has 7 heteroatoms. The number of amides is 1. The number of carbonyl (C=O) groups excluding carboxylic acids is 1. The van der Waals surface area contributed by atoms with E-state index in [0.29, 0.717) is 6.04 Å². The number of benzene rings is 1. The third-order valence-corrected chi connectivity index (χ3v) is 4.92. The van der Waals surface area contributed by atoms with Crippen LogP contribution in [-0.4, -0.2) is 23.8 Å². The van der Waals surface area contributed by atoms with Crippen molar-refractivity contribution >= 4 is 59.6 Å². The number of hydrogen-bond donors (Lipinski definition) is 2. The van der Waals surface area contributed by atoms with Gasteiger partial charge in [-0.05, 0) is 77.6 Å². The van der Waals surface area contributed by atoms with Crippen LogP contribution >= 0.6 is 47.8 Å². The van der Waals surface area contributed by atoms with Crippen molar-refractivity contribution in [2.24, 2.45) is 0 Å². The summed E-state index contributed by atoms with van der Waals surface area (Å²) in [6.07, 6.45) is 1.42. The van der Waals surface area contributed by atoms with Gasteiger partial charge in [0.15, 0.2) is 0 Å². The Bertz CT molecular complexity index is 543. The van der Waals surface area contributed by atoms with Crippen LogP contribution < -0.4 is 10.6 Å². The highest BCUT2D eigenvalue weighted by Crippen LogP contribution is 2.37. The van der Waals surface area contributed by atoms with E-state index < -0.39 is 5.60 Å². The van der Waals surface area contributed by atoms with Crippen LogP contribution in [0.1, 0.15) is 33.6 Å². The Balaban J connectivity index is 1.82. The van der Waals surface area contributed by atoms with Crippen LogP contribution in [0.2, 0.25) is 0 Å². The summed E-state index contributed by atoms with van der Waals surface area (Å²) in [5.74, 6) is 0. The topological polar surface area (TPSA) is 50.4 Å². The van der Waals surface area contributed by atoms with Gasteiger partial charge in [-0.25, -0.2) is 4.79 Å². The molecule has 1 aromatic carbocycles. The molecule has 0 heterocycles. The molecule has 0 atom stereocenters. The molecule has 1 fully saturated rings. The van der Waals surface area contributed by atoms with Gasteiger partial charge < -0.3 is 15.4 Å². The minimum absolute atomic E-state index is 0.167. The molecule has 1 aromatic rings. The van der Waals surface area contributed by atoms with Crippen molar-refractivity contribution in [3.8, 4) is 0 Å². The zero-order valence-corrected chi connectivity index (χ0v) is 17.4. The summed E-state index contributed by atoms with van der Waals surface area (Å²) in [7, 11) is 0. The van der Waals surface area contributed by atoms with Crippen molar-refractivity contribution < 1.29 is 9.53 Å². The lowest BCUT2D eigenvalue weighted by atomic mass is 9.86. The second-order valence-electron chi connectivity index (χ2n) is 6.40. The fourth-order valence-corrected chi connectivity index (χ4v) is 4.70. The fraction of sp³-hybridized carbons (Fsp3) is 0.533. The maximum absolute atomic E-state index is 11.7. The molecule has 4 nitrogen and oxygen atoms in total. The van der Waals surface area contributed by atoms with Crippen molar-refractivity contribution in [1.82, 2.24) is 5.32 Å². The van der Waals surface area contributed by atoms with Crippen molar-refractivity contribution in [2.75, 3.05) is 5.32 Å². The summed E-state index contributed by atoms with van der Waals surface area (Å²) < 4.78 is 8.26. The SMILES string of the molecule is CC(C)(C)OC(=O)NC1CC(Nc2c(Br)cc(Br)cc2Br)C1. The highest BCUT2D eigenvalue weighted by Gasteiger charge is 2.32. The minimum atomic E-state index is -0.460. The highest BCUT2D eigenvalue weighted by molar-refractivity contribution is 9.11. The molecule has 0 spiro atoms. The van der Waals surface area contributed by atoms with Gasteiger partial charge in [-0.1, -0.05) is 15.9 Å². The monoisotopic (exact) mass is 496 g/mol. The second-order valence-corrected chi connectivity index (χ2v) is 9.02. The molecular weight excluding hydrogens is 480 g/mol. The van der Waals surface area contributed by atoms with Crippen molar-refractivity contribution in [3.63, 3.8) is 0 Å². The largest absolute Gasteiger partial charge is 0.444 e. The predicted molar refractivity (Wildman–Crippen MR) is 99.3 cm³/mol. The Hall–Kier alpha value is -0.270. The summed E-state index contributed by atoms with van der Waals surface area (Å²) >= 11 is 10.6. The molecule has 1 aliphatic carbocycles. The van der Waals surface area contributed by atoms with Crippen LogP contribution in [0.25, 0.3) is 0 Å². The van der Waals surface area contributed by atoms with E-state index in [1.807, 2.05) is 32.9 Å². The number of anilines is 1. The Morgan fingerprint density at radius 3 is 2.18 bits per heavy atom. The first-order valence-electron chi connectivity index (χ1n) is 7.04. The van der Waals surface area contributed by atoms with Gasteiger partial charge >= 0.3 is 6.09 Å². The van der Waals surface area contributed by atoms with E-state index in [1.165, 1.54) is 0 Å². The van der Waals surface area contributed by atoms with Crippen molar-refractivity contribution in [2.45, 2.75) is 51.3 Å². The average Bonchev–Trinajstić information content (AvgIpc) is 2.27. The normalized spacial score (nSPS) is 21.0. The minimum Gasteiger partial charge on any atom is -0.444 e. The predicted octanol–water partition coefficient (Wildman–Crippen LogP) is 5.44. The zero-order chi connectivity index (χ0) is 16.5. The Morgan fingerprint density at radius 2 is 1.68 bits per heavy atom. The van der Waals surface area contributed by atoms with E-state index in [9.17, 15) is 4.79 Å².